The fourth-order valence-electron chi connectivity index (χ4n) is 2.84. The summed E-state index contributed by atoms with van der Waals surface area (Å²) in [6.07, 6.45) is 4.65. The number of ether oxygens (including phenoxy) is 1. The molecule has 0 radical (unpaired) electrons. The van der Waals surface area contributed by atoms with E-state index in [4.69, 9.17) is 16.3 Å². The molecule has 1 heterocycles. The van der Waals surface area contributed by atoms with E-state index in [1.807, 2.05) is 24.3 Å². The first kappa shape index (κ1) is 13.9. The Labute approximate surface area is 124 Å². The molecular weight excluding hydrogens is 274 g/mol. The molecule has 4 heteroatoms. The van der Waals surface area contributed by atoms with Gasteiger partial charge in [0, 0.05) is 30.2 Å². The average Bonchev–Trinajstić information content (AvgIpc) is 2.96. The molecular formula is C16H20ClNO2. The molecule has 1 aliphatic heterocycles. The molecule has 2 aliphatic rings. The second-order valence-corrected chi connectivity index (χ2v) is 6.50. The van der Waals surface area contributed by atoms with Crippen molar-refractivity contribution in [2.75, 3.05) is 13.2 Å². The third kappa shape index (κ3) is 3.53. The third-order valence-electron chi connectivity index (χ3n) is 4.21. The number of carbonyl (C=O) groups is 1. The van der Waals surface area contributed by atoms with Gasteiger partial charge < -0.3 is 10.1 Å². The molecule has 108 valence electrons. The van der Waals surface area contributed by atoms with Gasteiger partial charge >= 0.3 is 0 Å². The zero-order valence-corrected chi connectivity index (χ0v) is 12.3. The summed E-state index contributed by atoms with van der Waals surface area (Å²) in [5.41, 5.74) is 1.22. The highest BCUT2D eigenvalue weighted by molar-refractivity contribution is 6.30. The number of amides is 1. The summed E-state index contributed by atoms with van der Waals surface area (Å²) >= 11 is 5.90. The van der Waals surface area contributed by atoms with Gasteiger partial charge in [0.15, 0.2) is 0 Å². The number of nitrogens with one attached hydrogen (secondary N) is 1. The van der Waals surface area contributed by atoms with Crippen molar-refractivity contribution in [3.05, 3.63) is 34.9 Å². The fraction of sp³-hybridized carbons (Fsp3) is 0.562. The zero-order chi connectivity index (χ0) is 14.0. The minimum absolute atomic E-state index is 0.00955. The van der Waals surface area contributed by atoms with Crippen LogP contribution in [0.25, 0.3) is 0 Å². The van der Waals surface area contributed by atoms with E-state index in [9.17, 15) is 4.79 Å². The zero-order valence-electron chi connectivity index (χ0n) is 11.5. The SMILES string of the molecule is O=C(CC1CCOC1)NC1(Cc2ccc(Cl)cc2)CC1. The van der Waals surface area contributed by atoms with Crippen LogP contribution in [0.4, 0.5) is 0 Å². The molecule has 1 saturated carbocycles. The lowest BCUT2D eigenvalue weighted by Crippen LogP contribution is -2.39. The van der Waals surface area contributed by atoms with E-state index in [1.165, 1.54) is 5.56 Å². The number of carbonyl (C=O) groups excluding carboxylic acids is 1. The van der Waals surface area contributed by atoms with Crippen LogP contribution in [0.2, 0.25) is 5.02 Å². The molecule has 3 nitrogen and oxygen atoms in total. The van der Waals surface area contributed by atoms with Crippen LogP contribution in [0, 0.1) is 5.92 Å². The van der Waals surface area contributed by atoms with Crippen LogP contribution in [0.15, 0.2) is 24.3 Å². The molecule has 1 aromatic carbocycles. The minimum atomic E-state index is -0.00955. The van der Waals surface area contributed by atoms with Gasteiger partial charge in [-0.2, -0.15) is 0 Å². The van der Waals surface area contributed by atoms with Crippen molar-refractivity contribution in [1.82, 2.24) is 5.32 Å². The Morgan fingerprint density at radius 2 is 2.10 bits per heavy atom. The highest BCUT2D eigenvalue weighted by atomic mass is 35.5. The van der Waals surface area contributed by atoms with Gasteiger partial charge in [0.1, 0.15) is 0 Å². The van der Waals surface area contributed by atoms with Crippen LogP contribution in [0.5, 0.6) is 0 Å². The second-order valence-electron chi connectivity index (χ2n) is 6.07. The van der Waals surface area contributed by atoms with Gasteiger partial charge in [0.05, 0.1) is 0 Å². The van der Waals surface area contributed by atoms with E-state index in [0.717, 1.165) is 43.9 Å². The van der Waals surface area contributed by atoms with E-state index in [-0.39, 0.29) is 11.4 Å². The van der Waals surface area contributed by atoms with Gasteiger partial charge in [0.2, 0.25) is 5.91 Å². The molecule has 20 heavy (non-hydrogen) atoms. The van der Waals surface area contributed by atoms with Gasteiger partial charge in [-0.05, 0) is 49.3 Å². The van der Waals surface area contributed by atoms with Crippen molar-refractivity contribution in [2.45, 2.75) is 37.6 Å². The maximum absolute atomic E-state index is 12.1. The van der Waals surface area contributed by atoms with Crippen molar-refractivity contribution in [2.24, 2.45) is 5.92 Å². The molecule has 1 atom stereocenters. The molecule has 0 bridgehead atoms. The smallest absolute Gasteiger partial charge is 0.220 e. The van der Waals surface area contributed by atoms with Crippen LogP contribution in [0.3, 0.4) is 0 Å². The van der Waals surface area contributed by atoms with E-state index in [1.54, 1.807) is 0 Å². The lowest BCUT2D eigenvalue weighted by Gasteiger charge is -2.18. The Morgan fingerprint density at radius 1 is 1.35 bits per heavy atom. The van der Waals surface area contributed by atoms with Crippen molar-refractivity contribution in [3.8, 4) is 0 Å². The number of hydrogen-bond donors (Lipinski definition) is 1. The van der Waals surface area contributed by atoms with Crippen molar-refractivity contribution in [1.29, 1.82) is 0 Å². The molecule has 0 spiro atoms. The Balaban J connectivity index is 1.53. The van der Waals surface area contributed by atoms with Crippen LogP contribution in [-0.2, 0) is 16.0 Å². The molecule has 1 unspecified atom stereocenters. The van der Waals surface area contributed by atoms with Crippen LogP contribution in [-0.4, -0.2) is 24.7 Å². The maximum Gasteiger partial charge on any atom is 0.220 e. The lowest BCUT2D eigenvalue weighted by molar-refractivity contribution is -0.123. The topological polar surface area (TPSA) is 38.3 Å². The van der Waals surface area contributed by atoms with Crippen LogP contribution < -0.4 is 5.32 Å². The van der Waals surface area contributed by atoms with E-state index in [2.05, 4.69) is 5.32 Å². The molecule has 2 fully saturated rings. The second kappa shape index (κ2) is 5.74. The van der Waals surface area contributed by atoms with Crippen LogP contribution in [0.1, 0.15) is 31.2 Å². The van der Waals surface area contributed by atoms with E-state index < -0.39 is 0 Å². The largest absolute Gasteiger partial charge is 0.381 e. The fourth-order valence-corrected chi connectivity index (χ4v) is 2.97. The first-order chi connectivity index (χ1) is 9.65. The predicted molar refractivity (Wildman–Crippen MR) is 78.8 cm³/mol. The molecule has 1 amide bonds. The van der Waals surface area contributed by atoms with Gasteiger partial charge in [-0.15, -0.1) is 0 Å². The molecule has 1 N–H and O–H groups in total. The van der Waals surface area contributed by atoms with Gasteiger partial charge in [-0.3, -0.25) is 4.79 Å². The van der Waals surface area contributed by atoms with Gasteiger partial charge in [0.25, 0.3) is 0 Å². The van der Waals surface area contributed by atoms with Crippen molar-refractivity contribution in [3.63, 3.8) is 0 Å². The normalized spacial score (nSPS) is 23.6. The summed E-state index contributed by atoms with van der Waals surface area (Å²) in [5.74, 6) is 0.577. The number of hydrogen-bond acceptors (Lipinski definition) is 2. The Morgan fingerprint density at radius 3 is 2.70 bits per heavy atom. The standard InChI is InChI=1S/C16H20ClNO2/c17-14-3-1-12(2-4-14)10-16(6-7-16)18-15(19)9-13-5-8-20-11-13/h1-4,13H,5-11H2,(H,18,19). The number of benzene rings is 1. The van der Waals surface area contributed by atoms with Crippen molar-refractivity contribution >= 4 is 17.5 Å². The first-order valence-corrected chi connectivity index (χ1v) is 7.66. The maximum atomic E-state index is 12.1. The van der Waals surface area contributed by atoms with E-state index >= 15 is 0 Å². The van der Waals surface area contributed by atoms with E-state index in [0.29, 0.717) is 12.3 Å². The number of halogens is 1. The third-order valence-corrected chi connectivity index (χ3v) is 4.46. The summed E-state index contributed by atoms with van der Waals surface area (Å²) in [4.78, 5) is 12.1. The lowest BCUT2D eigenvalue weighted by atomic mass is 10.0. The monoisotopic (exact) mass is 293 g/mol. The quantitative estimate of drug-likeness (QED) is 0.906. The molecule has 1 aromatic rings. The highest BCUT2D eigenvalue weighted by Gasteiger charge is 2.44. The Bertz CT molecular complexity index is 476. The first-order valence-electron chi connectivity index (χ1n) is 7.28. The predicted octanol–water partition coefficient (Wildman–Crippen LogP) is 2.96. The highest BCUT2D eigenvalue weighted by Crippen LogP contribution is 2.39. The number of rotatable bonds is 5. The minimum Gasteiger partial charge on any atom is -0.381 e. The Hall–Kier alpha value is -1.06. The average molecular weight is 294 g/mol. The molecule has 3 rings (SSSR count). The van der Waals surface area contributed by atoms with Gasteiger partial charge in [-0.25, -0.2) is 0 Å². The summed E-state index contributed by atoms with van der Waals surface area (Å²) in [6.45, 7) is 1.53. The summed E-state index contributed by atoms with van der Waals surface area (Å²) < 4.78 is 5.32. The Kier molecular flexibility index (Phi) is 3.99. The van der Waals surface area contributed by atoms with Gasteiger partial charge in [-0.1, -0.05) is 23.7 Å². The van der Waals surface area contributed by atoms with Crippen LogP contribution >= 0.6 is 11.6 Å². The summed E-state index contributed by atoms with van der Waals surface area (Å²) in [5, 5.41) is 3.98. The molecule has 0 aromatic heterocycles. The molecule has 1 saturated heterocycles. The van der Waals surface area contributed by atoms with Crippen molar-refractivity contribution < 1.29 is 9.53 Å². The summed E-state index contributed by atoms with van der Waals surface area (Å²) in [7, 11) is 0. The molecule has 1 aliphatic carbocycles. The summed E-state index contributed by atoms with van der Waals surface area (Å²) in [6, 6.07) is 7.90.